The van der Waals surface area contributed by atoms with Crippen molar-refractivity contribution in [1.29, 1.82) is 0 Å². The summed E-state index contributed by atoms with van der Waals surface area (Å²) >= 11 is 6.39. The van der Waals surface area contributed by atoms with Crippen LogP contribution in [0.15, 0.2) is 34.3 Å². The van der Waals surface area contributed by atoms with Gasteiger partial charge in [-0.15, -0.1) is 0 Å². The first-order valence-electron chi connectivity index (χ1n) is 2.07. The monoisotopic (exact) mass is 236 g/mol. The Bertz CT molecular complexity index is 118. The fourth-order valence-corrected chi connectivity index (χ4v) is 0.512. The SMILES string of the molecule is C=CC=CC=C(Br)Br. The van der Waals surface area contributed by atoms with E-state index in [1.807, 2.05) is 18.2 Å². The summed E-state index contributed by atoms with van der Waals surface area (Å²) in [6.45, 7) is 3.51. The molecule has 0 unspecified atom stereocenters. The summed E-state index contributed by atoms with van der Waals surface area (Å²) < 4.78 is 0.933. The minimum absolute atomic E-state index is 0.933. The normalized spacial score (nSPS) is 9.25. The molecule has 0 radical (unpaired) electrons. The molecule has 0 aromatic heterocycles. The molecular formula is C6H6Br2. The number of rotatable bonds is 2. The summed E-state index contributed by atoms with van der Waals surface area (Å²) in [7, 11) is 0. The highest BCUT2D eigenvalue weighted by molar-refractivity contribution is 9.28. The van der Waals surface area contributed by atoms with E-state index in [1.165, 1.54) is 0 Å². The highest BCUT2D eigenvalue weighted by Gasteiger charge is 1.71. The van der Waals surface area contributed by atoms with Gasteiger partial charge in [0.25, 0.3) is 0 Å². The van der Waals surface area contributed by atoms with Crippen LogP contribution < -0.4 is 0 Å². The molecule has 8 heavy (non-hydrogen) atoms. The van der Waals surface area contributed by atoms with Gasteiger partial charge in [0.15, 0.2) is 0 Å². The summed E-state index contributed by atoms with van der Waals surface area (Å²) in [4.78, 5) is 0. The van der Waals surface area contributed by atoms with E-state index in [4.69, 9.17) is 0 Å². The van der Waals surface area contributed by atoms with Crippen molar-refractivity contribution in [2.24, 2.45) is 0 Å². The molecule has 0 aliphatic rings. The molecule has 0 aromatic rings. The summed E-state index contributed by atoms with van der Waals surface area (Å²) in [5.74, 6) is 0. The fourth-order valence-electron chi connectivity index (χ4n) is 0.207. The molecule has 44 valence electrons. The first kappa shape index (κ1) is 8.18. The van der Waals surface area contributed by atoms with Gasteiger partial charge in [-0.05, 0) is 37.9 Å². The van der Waals surface area contributed by atoms with Gasteiger partial charge in [-0.25, -0.2) is 0 Å². The third-order valence-electron chi connectivity index (χ3n) is 0.469. The molecule has 0 amide bonds. The summed E-state index contributed by atoms with van der Waals surface area (Å²) in [6.07, 6.45) is 7.33. The Labute approximate surface area is 66.2 Å². The molecule has 0 atom stereocenters. The number of hydrogen-bond donors (Lipinski definition) is 0. The predicted molar refractivity (Wildman–Crippen MR) is 45.3 cm³/mol. The maximum atomic E-state index is 3.51. The number of hydrogen-bond acceptors (Lipinski definition) is 0. The standard InChI is InChI=1S/C6H6Br2/c1-2-3-4-5-6(7)8/h2-5H,1H2. The van der Waals surface area contributed by atoms with Crippen LogP contribution in [0.5, 0.6) is 0 Å². The van der Waals surface area contributed by atoms with Crippen molar-refractivity contribution >= 4 is 31.9 Å². The quantitative estimate of drug-likeness (QED) is 0.647. The molecule has 0 heterocycles. The van der Waals surface area contributed by atoms with Crippen LogP contribution in [-0.2, 0) is 0 Å². The van der Waals surface area contributed by atoms with E-state index in [0.29, 0.717) is 0 Å². The Morgan fingerprint density at radius 3 is 2.25 bits per heavy atom. The van der Waals surface area contributed by atoms with Crippen LogP contribution in [0.25, 0.3) is 0 Å². The van der Waals surface area contributed by atoms with Gasteiger partial charge in [-0.1, -0.05) is 24.8 Å². The Hall–Kier alpha value is 0.180. The lowest BCUT2D eigenvalue weighted by Crippen LogP contribution is -1.47. The molecule has 0 fully saturated rings. The number of allylic oxidation sites excluding steroid dienone is 4. The highest BCUT2D eigenvalue weighted by atomic mass is 79.9. The zero-order valence-electron chi connectivity index (χ0n) is 4.27. The van der Waals surface area contributed by atoms with Crippen molar-refractivity contribution in [3.63, 3.8) is 0 Å². The first-order chi connectivity index (χ1) is 3.77. The van der Waals surface area contributed by atoms with Crippen molar-refractivity contribution < 1.29 is 0 Å². The van der Waals surface area contributed by atoms with Crippen LogP contribution in [0.4, 0.5) is 0 Å². The van der Waals surface area contributed by atoms with Crippen molar-refractivity contribution in [2.75, 3.05) is 0 Å². The topological polar surface area (TPSA) is 0 Å². The van der Waals surface area contributed by atoms with E-state index in [9.17, 15) is 0 Å². The summed E-state index contributed by atoms with van der Waals surface area (Å²) in [5.41, 5.74) is 0. The predicted octanol–water partition coefficient (Wildman–Crippen LogP) is 3.36. The van der Waals surface area contributed by atoms with Crippen LogP contribution in [0, 0.1) is 0 Å². The van der Waals surface area contributed by atoms with Gasteiger partial charge in [0.1, 0.15) is 0 Å². The summed E-state index contributed by atoms with van der Waals surface area (Å²) in [5, 5.41) is 0. The highest BCUT2D eigenvalue weighted by Crippen LogP contribution is 2.11. The fraction of sp³-hybridized carbons (Fsp3) is 0. The molecule has 0 nitrogen and oxygen atoms in total. The van der Waals surface area contributed by atoms with Crippen LogP contribution in [-0.4, -0.2) is 0 Å². The smallest absolute Gasteiger partial charge is 0.0604 e. The Balaban J connectivity index is 3.57. The second kappa shape index (κ2) is 5.32. The molecule has 0 aliphatic carbocycles. The maximum Gasteiger partial charge on any atom is 0.0604 e. The molecule has 0 bridgehead atoms. The van der Waals surface area contributed by atoms with Crippen LogP contribution in [0.1, 0.15) is 0 Å². The van der Waals surface area contributed by atoms with Crippen LogP contribution in [0.3, 0.4) is 0 Å². The van der Waals surface area contributed by atoms with Gasteiger partial charge < -0.3 is 0 Å². The molecule has 0 N–H and O–H groups in total. The van der Waals surface area contributed by atoms with E-state index in [0.717, 1.165) is 3.39 Å². The van der Waals surface area contributed by atoms with Gasteiger partial charge in [0, 0.05) is 0 Å². The van der Waals surface area contributed by atoms with Crippen molar-refractivity contribution in [1.82, 2.24) is 0 Å². The van der Waals surface area contributed by atoms with Gasteiger partial charge in [0.2, 0.25) is 0 Å². The lowest BCUT2D eigenvalue weighted by molar-refractivity contribution is 1.96. The molecule has 0 rings (SSSR count). The van der Waals surface area contributed by atoms with E-state index < -0.39 is 0 Å². The number of halogens is 2. The second-order valence-corrected chi connectivity index (χ2v) is 3.85. The lowest BCUT2D eigenvalue weighted by atomic mass is 10.5. The third-order valence-corrected chi connectivity index (χ3v) is 0.998. The maximum absolute atomic E-state index is 3.51. The van der Waals surface area contributed by atoms with E-state index in [-0.39, 0.29) is 0 Å². The molecule has 0 saturated carbocycles. The van der Waals surface area contributed by atoms with E-state index >= 15 is 0 Å². The third kappa shape index (κ3) is 6.18. The van der Waals surface area contributed by atoms with Gasteiger partial charge >= 0.3 is 0 Å². The average molecular weight is 238 g/mol. The second-order valence-electron chi connectivity index (χ2n) is 1.08. The Morgan fingerprint density at radius 2 is 1.88 bits per heavy atom. The largest absolute Gasteiger partial charge is 0.0991 e. The van der Waals surface area contributed by atoms with E-state index in [2.05, 4.69) is 38.4 Å². The molecule has 0 saturated heterocycles. The Morgan fingerprint density at radius 1 is 1.25 bits per heavy atom. The first-order valence-corrected chi connectivity index (χ1v) is 3.66. The molecule has 0 spiro atoms. The van der Waals surface area contributed by atoms with Crippen LogP contribution in [0.2, 0.25) is 0 Å². The van der Waals surface area contributed by atoms with Gasteiger partial charge in [0.05, 0.1) is 3.39 Å². The molecule has 0 aromatic carbocycles. The van der Waals surface area contributed by atoms with Crippen LogP contribution >= 0.6 is 31.9 Å². The average Bonchev–Trinajstić information content (AvgIpc) is 1.66. The zero-order chi connectivity index (χ0) is 6.41. The minimum Gasteiger partial charge on any atom is -0.0991 e. The molecular weight excluding hydrogens is 232 g/mol. The van der Waals surface area contributed by atoms with Crippen molar-refractivity contribution in [3.05, 3.63) is 34.3 Å². The molecule has 2 heteroatoms. The zero-order valence-corrected chi connectivity index (χ0v) is 7.44. The van der Waals surface area contributed by atoms with Crippen molar-refractivity contribution in [3.8, 4) is 0 Å². The van der Waals surface area contributed by atoms with Gasteiger partial charge in [-0.2, -0.15) is 0 Å². The summed E-state index contributed by atoms with van der Waals surface area (Å²) in [6, 6.07) is 0. The Kier molecular flexibility index (Phi) is 5.44. The van der Waals surface area contributed by atoms with Gasteiger partial charge in [-0.3, -0.25) is 0 Å². The van der Waals surface area contributed by atoms with Crippen molar-refractivity contribution in [2.45, 2.75) is 0 Å². The minimum atomic E-state index is 0.933. The lowest BCUT2D eigenvalue weighted by Gasteiger charge is -1.73. The molecule has 0 aliphatic heterocycles. The van der Waals surface area contributed by atoms with E-state index in [1.54, 1.807) is 6.08 Å².